The van der Waals surface area contributed by atoms with Crippen molar-refractivity contribution in [1.29, 1.82) is 0 Å². The Morgan fingerprint density at radius 2 is 2.05 bits per heavy atom. The molecule has 0 unspecified atom stereocenters. The van der Waals surface area contributed by atoms with Crippen molar-refractivity contribution in [1.82, 2.24) is 9.88 Å². The van der Waals surface area contributed by atoms with Gasteiger partial charge in [0.15, 0.2) is 5.43 Å². The number of pyridine rings is 1. The molecule has 2 rings (SSSR count). The third-order valence-electron chi connectivity index (χ3n) is 3.04. The molecule has 3 nitrogen and oxygen atoms in total. The first-order valence-electron chi connectivity index (χ1n) is 6.56. The van der Waals surface area contributed by atoms with Crippen molar-refractivity contribution < 1.29 is 0 Å². The zero-order valence-electron chi connectivity index (χ0n) is 11.5. The topological polar surface area (TPSA) is 34.0 Å². The number of rotatable bonds is 5. The smallest absolute Gasteiger partial charge is 0.189 e. The van der Waals surface area contributed by atoms with E-state index in [4.69, 9.17) is 0 Å². The van der Waals surface area contributed by atoms with Crippen molar-refractivity contribution in [3.63, 3.8) is 0 Å². The molecule has 0 saturated heterocycles. The summed E-state index contributed by atoms with van der Waals surface area (Å²) in [6.45, 7) is 9.83. The largest absolute Gasteiger partial charge is 0.343 e. The zero-order chi connectivity index (χ0) is 13.8. The molecule has 1 N–H and O–H groups in total. The van der Waals surface area contributed by atoms with Crippen LogP contribution in [0.4, 0.5) is 0 Å². The highest BCUT2D eigenvalue weighted by Crippen LogP contribution is 2.10. The van der Waals surface area contributed by atoms with Gasteiger partial charge in [0.1, 0.15) is 0 Å². The summed E-state index contributed by atoms with van der Waals surface area (Å²) in [5.74, 6) is 0. The zero-order valence-corrected chi connectivity index (χ0v) is 11.5. The van der Waals surface area contributed by atoms with Gasteiger partial charge in [-0.2, -0.15) is 0 Å². The summed E-state index contributed by atoms with van der Waals surface area (Å²) in [4.78, 5) is 11.8. The van der Waals surface area contributed by atoms with Crippen LogP contribution in [0.1, 0.15) is 13.8 Å². The number of fused-ring (bicyclic) bond motifs is 1. The summed E-state index contributed by atoms with van der Waals surface area (Å²) >= 11 is 0. The van der Waals surface area contributed by atoms with E-state index in [9.17, 15) is 4.79 Å². The minimum absolute atomic E-state index is 0.0674. The molecule has 0 atom stereocenters. The normalized spacial score (nSPS) is 11.1. The first kappa shape index (κ1) is 13.6. The van der Waals surface area contributed by atoms with Gasteiger partial charge in [0, 0.05) is 36.8 Å². The van der Waals surface area contributed by atoms with Crippen molar-refractivity contribution in [3.8, 4) is 0 Å². The van der Waals surface area contributed by atoms with Crippen LogP contribution in [-0.4, -0.2) is 17.2 Å². The maximum Gasteiger partial charge on any atom is 0.189 e. The van der Waals surface area contributed by atoms with E-state index in [0.29, 0.717) is 6.04 Å². The molecule has 0 bridgehead atoms. The van der Waals surface area contributed by atoms with Crippen LogP contribution in [0.5, 0.6) is 0 Å². The van der Waals surface area contributed by atoms with Crippen molar-refractivity contribution in [2.75, 3.05) is 6.54 Å². The molecule has 1 aromatic heterocycles. The van der Waals surface area contributed by atoms with Gasteiger partial charge in [0.25, 0.3) is 0 Å². The number of hydrogen-bond donors (Lipinski definition) is 1. The van der Waals surface area contributed by atoms with Gasteiger partial charge in [-0.05, 0) is 17.7 Å². The Hall–Kier alpha value is -1.87. The van der Waals surface area contributed by atoms with Crippen LogP contribution < -0.4 is 10.7 Å². The van der Waals surface area contributed by atoms with Crippen LogP contribution in [0.25, 0.3) is 10.9 Å². The summed E-state index contributed by atoms with van der Waals surface area (Å²) in [5, 5.41) is 4.11. The number of benzene rings is 1. The van der Waals surface area contributed by atoms with Crippen molar-refractivity contribution in [3.05, 3.63) is 58.9 Å². The van der Waals surface area contributed by atoms with E-state index in [0.717, 1.165) is 29.6 Å². The minimum Gasteiger partial charge on any atom is -0.343 e. The van der Waals surface area contributed by atoms with Crippen LogP contribution in [0.15, 0.2) is 53.5 Å². The predicted molar refractivity (Wildman–Crippen MR) is 80.5 cm³/mol. The predicted octanol–water partition coefficient (Wildman–Crippen LogP) is 2.56. The Morgan fingerprint density at radius 3 is 2.79 bits per heavy atom. The number of nitrogens with one attached hydrogen (secondary N) is 1. The summed E-state index contributed by atoms with van der Waals surface area (Å²) < 4.78 is 2.07. The van der Waals surface area contributed by atoms with Gasteiger partial charge in [-0.3, -0.25) is 4.79 Å². The lowest BCUT2D eigenvalue weighted by atomic mass is 10.2. The fourth-order valence-electron chi connectivity index (χ4n) is 2.04. The first-order chi connectivity index (χ1) is 9.08. The molecule has 3 heteroatoms. The Kier molecular flexibility index (Phi) is 4.17. The molecule has 0 saturated carbocycles. The Balaban J connectivity index is 2.24. The van der Waals surface area contributed by atoms with Gasteiger partial charge in [-0.25, -0.2) is 0 Å². The average molecular weight is 256 g/mol. The quantitative estimate of drug-likeness (QED) is 0.834. The molecule has 0 fully saturated rings. The molecular weight excluding hydrogens is 236 g/mol. The summed E-state index contributed by atoms with van der Waals surface area (Å²) in [6, 6.07) is 9.74. The molecule has 1 aromatic carbocycles. The Morgan fingerprint density at radius 1 is 1.32 bits per heavy atom. The highest BCUT2D eigenvalue weighted by molar-refractivity contribution is 5.78. The maximum absolute atomic E-state index is 11.8. The highest BCUT2D eigenvalue weighted by atomic mass is 16.1. The molecular formula is C16H20N2O. The molecule has 0 amide bonds. The second-order valence-electron chi connectivity index (χ2n) is 5.11. The fraction of sp³-hybridized carbons (Fsp3) is 0.312. The van der Waals surface area contributed by atoms with Gasteiger partial charge in [-0.1, -0.05) is 32.6 Å². The van der Waals surface area contributed by atoms with E-state index in [1.165, 1.54) is 0 Å². The van der Waals surface area contributed by atoms with Crippen LogP contribution in [-0.2, 0) is 6.54 Å². The molecule has 1 heterocycles. The van der Waals surface area contributed by atoms with E-state index in [2.05, 4.69) is 30.3 Å². The number of para-hydroxylation sites is 1. The van der Waals surface area contributed by atoms with Crippen LogP contribution in [0.3, 0.4) is 0 Å². The molecule has 0 spiro atoms. The third kappa shape index (κ3) is 3.32. The third-order valence-corrected chi connectivity index (χ3v) is 3.04. The second kappa shape index (κ2) is 5.85. The molecule has 100 valence electrons. The lowest BCUT2D eigenvalue weighted by molar-refractivity contribution is 0.605. The fourth-order valence-corrected chi connectivity index (χ4v) is 2.04. The molecule has 0 aliphatic heterocycles. The van der Waals surface area contributed by atoms with Crippen LogP contribution >= 0.6 is 0 Å². The summed E-state index contributed by atoms with van der Waals surface area (Å²) in [6.07, 6.45) is 1.84. The minimum atomic E-state index is 0.0674. The highest BCUT2D eigenvalue weighted by Gasteiger charge is 2.03. The van der Waals surface area contributed by atoms with Crippen LogP contribution in [0.2, 0.25) is 0 Å². The van der Waals surface area contributed by atoms with E-state index in [1.54, 1.807) is 6.07 Å². The van der Waals surface area contributed by atoms with Gasteiger partial charge in [0.2, 0.25) is 0 Å². The lowest BCUT2D eigenvalue weighted by Gasteiger charge is -2.14. The average Bonchev–Trinajstić information content (AvgIpc) is 2.40. The Bertz CT molecular complexity index is 640. The number of aromatic nitrogens is 1. The van der Waals surface area contributed by atoms with Crippen molar-refractivity contribution >= 4 is 10.9 Å². The van der Waals surface area contributed by atoms with Crippen molar-refractivity contribution in [2.24, 2.45) is 0 Å². The summed E-state index contributed by atoms with van der Waals surface area (Å²) in [5.41, 5.74) is 2.13. The van der Waals surface area contributed by atoms with Gasteiger partial charge < -0.3 is 9.88 Å². The van der Waals surface area contributed by atoms with E-state index < -0.39 is 0 Å². The van der Waals surface area contributed by atoms with Crippen molar-refractivity contribution in [2.45, 2.75) is 26.4 Å². The maximum atomic E-state index is 11.8. The number of nitrogens with zero attached hydrogens (tertiary/aromatic N) is 1. The molecule has 0 aliphatic rings. The van der Waals surface area contributed by atoms with Gasteiger partial charge >= 0.3 is 0 Å². The second-order valence-corrected chi connectivity index (χ2v) is 5.11. The summed E-state index contributed by atoms with van der Waals surface area (Å²) in [7, 11) is 0. The van der Waals surface area contributed by atoms with E-state index >= 15 is 0 Å². The molecule has 0 aliphatic carbocycles. The van der Waals surface area contributed by atoms with E-state index in [1.807, 2.05) is 30.5 Å². The first-order valence-corrected chi connectivity index (χ1v) is 6.56. The molecule has 2 aromatic rings. The standard InChI is InChI=1S/C16H20N2O/c1-12(2)17-10-13(3)11-18-9-8-16(19)14-6-4-5-7-15(14)18/h4-9,12,17H,3,10-11H2,1-2H3. The monoisotopic (exact) mass is 256 g/mol. The van der Waals surface area contributed by atoms with Gasteiger partial charge in [0.05, 0.1) is 5.52 Å². The molecule has 0 radical (unpaired) electrons. The SMILES string of the molecule is C=C(CNC(C)C)Cn1ccc(=O)c2ccccc21. The van der Waals surface area contributed by atoms with Gasteiger partial charge in [-0.15, -0.1) is 0 Å². The number of hydrogen-bond acceptors (Lipinski definition) is 2. The molecule has 19 heavy (non-hydrogen) atoms. The van der Waals surface area contributed by atoms with Crippen LogP contribution in [0, 0.1) is 0 Å². The Labute approximate surface area is 113 Å². The lowest BCUT2D eigenvalue weighted by Crippen LogP contribution is -2.26. The van der Waals surface area contributed by atoms with E-state index in [-0.39, 0.29) is 5.43 Å².